The van der Waals surface area contributed by atoms with Gasteiger partial charge in [-0.05, 0) is 109 Å². The lowest BCUT2D eigenvalue weighted by Gasteiger charge is -2.17. The lowest BCUT2D eigenvalue weighted by atomic mass is 10.3. The van der Waals surface area contributed by atoms with Gasteiger partial charge in [-0.3, -0.25) is 20.2 Å². The molecule has 5 aromatic carbocycles. The van der Waals surface area contributed by atoms with Gasteiger partial charge >= 0.3 is 0 Å². The molecule has 0 saturated carbocycles. The summed E-state index contributed by atoms with van der Waals surface area (Å²) in [4.78, 5) is 21.3. The SMILES string of the molecule is CCO.CCOc1cc(Cl)c(N(C)C)c(Br)c1.CCOc1cc(Cl)c(N)c(Br)c1.CCOc1ccc(N)c(Cl)c1.CCOc1ccc([N+](=O)[O-])c(Cl)c1.O=[N+]([O-])c1ccc(F)cc1Cl. The van der Waals surface area contributed by atoms with Crippen molar-refractivity contribution >= 4 is 118 Å². The van der Waals surface area contributed by atoms with Gasteiger partial charge in [0, 0.05) is 66.0 Å². The summed E-state index contributed by atoms with van der Waals surface area (Å²) < 4.78 is 34.9. The topological polar surface area (TPSA) is 199 Å². The summed E-state index contributed by atoms with van der Waals surface area (Å²) in [6, 6.07) is 19.7. The van der Waals surface area contributed by atoms with Gasteiger partial charge in [-0.1, -0.05) is 58.0 Å². The third kappa shape index (κ3) is 22.6. The lowest BCUT2D eigenvalue weighted by molar-refractivity contribution is -0.384. The molecule has 5 N–H and O–H groups in total. The maximum Gasteiger partial charge on any atom is 0.288 e. The van der Waals surface area contributed by atoms with Gasteiger partial charge in [0.05, 0.1) is 68.4 Å². The minimum Gasteiger partial charge on any atom is -0.494 e. The summed E-state index contributed by atoms with van der Waals surface area (Å²) in [6.45, 7) is 11.9. The summed E-state index contributed by atoms with van der Waals surface area (Å²) in [5.41, 5.74) is 12.8. The maximum atomic E-state index is 12.3. The monoisotopic (exact) mass is 1120 g/mol. The van der Waals surface area contributed by atoms with Crippen LogP contribution in [0.5, 0.6) is 23.0 Å². The van der Waals surface area contributed by atoms with E-state index in [2.05, 4.69) is 31.9 Å². The third-order valence-electron chi connectivity index (χ3n) is 6.93. The van der Waals surface area contributed by atoms with Crippen molar-refractivity contribution in [2.24, 2.45) is 0 Å². The number of hydrogen-bond donors (Lipinski definition) is 3. The van der Waals surface area contributed by atoms with E-state index >= 15 is 0 Å². The van der Waals surface area contributed by atoms with Crippen molar-refractivity contribution in [1.82, 2.24) is 0 Å². The van der Waals surface area contributed by atoms with Crippen molar-refractivity contribution < 1.29 is 38.3 Å². The van der Waals surface area contributed by atoms with Crippen LogP contribution in [0.15, 0.2) is 87.8 Å². The van der Waals surface area contributed by atoms with Crippen molar-refractivity contribution in [2.75, 3.05) is 63.5 Å². The highest BCUT2D eigenvalue weighted by atomic mass is 79.9. The molecule has 0 aliphatic rings. The average Bonchev–Trinajstić information content (AvgIpc) is 3.19. The van der Waals surface area contributed by atoms with E-state index in [0.717, 1.165) is 50.1 Å². The van der Waals surface area contributed by atoms with E-state index in [-0.39, 0.29) is 28.0 Å². The second kappa shape index (κ2) is 32.5. The number of halogens is 8. The Morgan fingerprint density at radius 2 is 0.969 bits per heavy atom. The molecule has 0 radical (unpaired) electrons. The summed E-state index contributed by atoms with van der Waals surface area (Å²) in [5, 5.41) is 29.7. The fourth-order valence-electron chi connectivity index (χ4n) is 4.32. The van der Waals surface area contributed by atoms with Gasteiger partial charge in [0.1, 0.15) is 38.9 Å². The van der Waals surface area contributed by atoms with Gasteiger partial charge in [-0.25, -0.2) is 4.39 Å². The van der Waals surface area contributed by atoms with Crippen molar-refractivity contribution in [3.63, 3.8) is 0 Å². The minimum absolute atomic E-state index is 0.0935. The number of anilines is 3. The number of aliphatic hydroxyl groups excluding tert-OH is 1. The normalized spacial score (nSPS) is 9.62. The maximum absolute atomic E-state index is 12.3. The molecule has 0 aliphatic carbocycles. The van der Waals surface area contributed by atoms with Gasteiger partial charge in [-0.15, -0.1) is 0 Å². The van der Waals surface area contributed by atoms with Crippen LogP contribution in [0.25, 0.3) is 0 Å². The van der Waals surface area contributed by atoms with Gasteiger partial charge in [0.2, 0.25) is 0 Å². The van der Waals surface area contributed by atoms with Gasteiger partial charge in [-0.2, -0.15) is 0 Å². The van der Waals surface area contributed by atoms with Crippen LogP contribution in [0.4, 0.5) is 32.8 Å². The molecule has 352 valence electrons. The Morgan fingerprint density at radius 3 is 1.34 bits per heavy atom. The molecule has 22 heteroatoms. The van der Waals surface area contributed by atoms with Gasteiger partial charge < -0.3 is 40.4 Å². The van der Waals surface area contributed by atoms with Crippen LogP contribution in [-0.4, -0.2) is 62.1 Å². The Morgan fingerprint density at radius 1 is 0.594 bits per heavy atom. The molecule has 0 fully saturated rings. The molecule has 0 heterocycles. The van der Waals surface area contributed by atoms with E-state index in [0.29, 0.717) is 58.6 Å². The van der Waals surface area contributed by atoms with Gasteiger partial charge in [0.25, 0.3) is 11.4 Å². The number of nitro groups is 2. The first kappa shape index (κ1) is 59.8. The van der Waals surface area contributed by atoms with E-state index < -0.39 is 15.7 Å². The molecule has 0 aliphatic heterocycles. The highest BCUT2D eigenvalue weighted by Gasteiger charge is 2.13. The number of nitro benzene ring substituents is 2. The van der Waals surface area contributed by atoms with Crippen molar-refractivity contribution in [3.8, 4) is 23.0 Å². The Labute approximate surface area is 413 Å². The molecule has 0 aromatic heterocycles. The van der Waals surface area contributed by atoms with Crippen molar-refractivity contribution in [3.05, 3.63) is 139 Å². The van der Waals surface area contributed by atoms with Crippen LogP contribution in [-0.2, 0) is 0 Å². The molecule has 0 unspecified atom stereocenters. The standard InChI is InChI=1S/C10H13BrClNO.C8H9BrClNO.C8H8ClNO3.C8H10ClNO.C6H3ClFNO2.C2H6O/c1-4-14-7-5-8(11)10(13(2)3)9(12)6-7;1-2-12-5-3-6(9)8(11)7(10)4-5;1-2-13-6-3-4-8(10(11)12)7(9)5-6;1-2-11-6-3-4-8(10)7(9)5-6;7-5-3-4(8)1-2-6(5)9(10)11;1-2-3/h5-6H,4H2,1-3H3;3-4H,2,11H2,1H3;3-5H,2H2,1H3;3-5H,2,10H2,1H3;1-3H;3H,2H2,1H3. The number of nitrogens with zero attached hydrogens (tertiary/aromatic N) is 3. The van der Waals surface area contributed by atoms with E-state index in [1.54, 1.807) is 37.3 Å². The molecule has 14 nitrogen and oxygen atoms in total. The van der Waals surface area contributed by atoms with E-state index in [4.69, 9.17) is 93.5 Å². The number of rotatable bonds is 11. The van der Waals surface area contributed by atoms with Crippen LogP contribution >= 0.6 is 89.9 Å². The molecule has 0 atom stereocenters. The number of hydrogen-bond acceptors (Lipinski definition) is 12. The lowest BCUT2D eigenvalue weighted by Crippen LogP contribution is -2.10. The molecular weight excluding hydrogens is 1070 g/mol. The number of aliphatic hydroxyl groups is 1. The quantitative estimate of drug-likeness (QED) is 0.0643. The molecule has 0 saturated heterocycles. The highest BCUT2D eigenvalue weighted by Crippen LogP contribution is 2.37. The van der Waals surface area contributed by atoms with E-state index in [1.807, 2.05) is 58.8 Å². The predicted molar refractivity (Wildman–Crippen MR) is 267 cm³/mol. The molecular formula is C42H49Br2Cl5FN5O9. The summed E-state index contributed by atoms with van der Waals surface area (Å²) >= 11 is 35.4. The van der Waals surface area contributed by atoms with Crippen LogP contribution in [0.3, 0.4) is 0 Å². The first-order chi connectivity index (χ1) is 30.1. The fraction of sp³-hybridized carbons (Fsp3) is 0.286. The Balaban J connectivity index is 0.000000765. The summed E-state index contributed by atoms with van der Waals surface area (Å²) in [7, 11) is 3.90. The zero-order valence-electron chi connectivity index (χ0n) is 35.8. The molecule has 5 rings (SSSR count). The van der Waals surface area contributed by atoms with Crippen LogP contribution in [0.2, 0.25) is 25.1 Å². The molecule has 0 amide bonds. The minimum atomic E-state index is -0.665. The van der Waals surface area contributed by atoms with E-state index in [9.17, 15) is 24.6 Å². The zero-order chi connectivity index (χ0) is 49.1. The molecule has 0 spiro atoms. The number of nitrogen functional groups attached to an aromatic ring is 2. The number of nitrogens with two attached hydrogens (primary N) is 2. The van der Waals surface area contributed by atoms with Crippen LogP contribution in [0.1, 0.15) is 34.6 Å². The third-order valence-corrected chi connectivity index (χ3v) is 9.72. The first-order valence-electron chi connectivity index (χ1n) is 18.7. The second-order valence-electron chi connectivity index (χ2n) is 11.9. The number of ether oxygens (including phenoxy) is 4. The van der Waals surface area contributed by atoms with Crippen LogP contribution in [0, 0.1) is 26.0 Å². The molecule has 64 heavy (non-hydrogen) atoms. The summed E-state index contributed by atoms with van der Waals surface area (Å²) in [5.74, 6) is 2.23. The Hall–Kier alpha value is -4.20. The first-order valence-corrected chi connectivity index (χ1v) is 22.2. The zero-order valence-corrected chi connectivity index (χ0v) is 42.7. The largest absolute Gasteiger partial charge is 0.494 e. The van der Waals surface area contributed by atoms with Gasteiger partial charge in [0.15, 0.2) is 0 Å². The van der Waals surface area contributed by atoms with E-state index in [1.165, 1.54) is 18.2 Å². The molecule has 0 bridgehead atoms. The fourth-order valence-corrected chi connectivity index (χ4v) is 7.01. The Kier molecular flexibility index (Phi) is 30.3. The molecule has 5 aromatic rings. The second-order valence-corrected chi connectivity index (χ2v) is 15.6. The van der Waals surface area contributed by atoms with Crippen molar-refractivity contribution in [2.45, 2.75) is 34.6 Å². The smallest absolute Gasteiger partial charge is 0.288 e. The number of benzene rings is 5. The average molecular weight is 1120 g/mol. The predicted octanol–water partition coefficient (Wildman–Crippen LogP) is 14.0. The van der Waals surface area contributed by atoms with Crippen molar-refractivity contribution in [1.29, 1.82) is 0 Å². The highest BCUT2D eigenvalue weighted by molar-refractivity contribution is 9.11. The van der Waals surface area contributed by atoms with Crippen LogP contribution < -0.4 is 35.3 Å². The summed E-state index contributed by atoms with van der Waals surface area (Å²) in [6.07, 6.45) is 0. The Bertz CT molecular complexity index is 2190.